The molecule has 0 amide bonds. The molecule has 7 nitrogen and oxygen atoms in total. The van der Waals surface area contributed by atoms with Crippen molar-refractivity contribution in [1.82, 2.24) is 0 Å². The van der Waals surface area contributed by atoms with E-state index in [2.05, 4.69) is 0 Å². The van der Waals surface area contributed by atoms with Gasteiger partial charge in [0.25, 0.3) is 10.1 Å². The fourth-order valence-corrected chi connectivity index (χ4v) is 4.02. The molecule has 0 bridgehead atoms. The molecule has 1 saturated carbocycles. The molecule has 0 saturated heterocycles. The van der Waals surface area contributed by atoms with Crippen LogP contribution in [0.5, 0.6) is 0 Å². The second-order valence-electron chi connectivity index (χ2n) is 6.14. The number of benzene rings is 1. The van der Waals surface area contributed by atoms with E-state index in [1.165, 1.54) is 26.2 Å². The van der Waals surface area contributed by atoms with Crippen LogP contribution in [0.25, 0.3) is 0 Å². The first kappa shape index (κ1) is 19.4. The largest absolute Gasteiger partial charge is 0.469 e. The van der Waals surface area contributed by atoms with Crippen molar-refractivity contribution in [3.05, 3.63) is 29.8 Å². The van der Waals surface area contributed by atoms with Gasteiger partial charge in [0.05, 0.1) is 24.0 Å². The van der Waals surface area contributed by atoms with Gasteiger partial charge in [0.15, 0.2) is 0 Å². The van der Waals surface area contributed by atoms with Gasteiger partial charge in [-0.3, -0.25) is 13.8 Å². The number of hydrogen-bond donors (Lipinski definition) is 0. The summed E-state index contributed by atoms with van der Waals surface area (Å²) in [5.41, 5.74) is 0.928. The predicted molar refractivity (Wildman–Crippen MR) is 88.1 cm³/mol. The first-order valence-electron chi connectivity index (χ1n) is 7.96. The third-order valence-corrected chi connectivity index (χ3v) is 5.44. The molecule has 138 valence electrons. The van der Waals surface area contributed by atoms with Crippen molar-refractivity contribution in [1.29, 1.82) is 0 Å². The molecule has 0 unspecified atom stereocenters. The zero-order chi connectivity index (χ0) is 18.6. The minimum Gasteiger partial charge on any atom is -0.469 e. The lowest BCUT2D eigenvalue weighted by Gasteiger charge is -2.32. The maximum absolute atomic E-state index is 12.4. The predicted octanol–water partition coefficient (Wildman–Crippen LogP) is 1.97. The maximum Gasteiger partial charge on any atom is 0.308 e. The zero-order valence-corrected chi connectivity index (χ0v) is 15.2. The minimum atomic E-state index is -3.98. The van der Waals surface area contributed by atoms with Crippen LogP contribution < -0.4 is 0 Å². The third-order valence-electron chi connectivity index (χ3n) is 4.06. The Morgan fingerprint density at radius 2 is 1.64 bits per heavy atom. The van der Waals surface area contributed by atoms with Gasteiger partial charge in [-0.05, 0) is 31.9 Å². The Morgan fingerprint density at radius 1 is 1.04 bits per heavy atom. The number of methoxy groups -OCH3 is 1. The molecule has 1 aromatic carbocycles. The van der Waals surface area contributed by atoms with Gasteiger partial charge in [0.2, 0.25) is 0 Å². The van der Waals surface area contributed by atoms with E-state index < -0.39 is 40.2 Å². The van der Waals surface area contributed by atoms with Gasteiger partial charge >= 0.3 is 11.9 Å². The summed E-state index contributed by atoms with van der Waals surface area (Å²) >= 11 is 0. The molecule has 1 aliphatic carbocycles. The fraction of sp³-hybridized carbons (Fsp3) is 0.529. The number of rotatable bonds is 5. The molecule has 8 heteroatoms. The summed E-state index contributed by atoms with van der Waals surface area (Å²) in [6, 6.07) is 6.29. The lowest BCUT2D eigenvalue weighted by atomic mass is 9.85. The van der Waals surface area contributed by atoms with E-state index in [0.29, 0.717) is 0 Å². The Kier molecular flexibility index (Phi) is 6.18. The van der Waals surface area contributed by atoms with E-state index in [4.69, 9.17) is 13.7 Å². The summed E-state index contributed by atoms with van der Waals surface area (Å²) in [5.74, 6) is -1.55. The highest BCUT2D eigenvalue weighted by Crippen LogP contribution is 2.31. The zero-order valence-electron chi connectivity index (χ0n) is 14.4. The molecular weight excluding hydrogens is 348 g/mol. The summed E-state index contributed by atoms with van der Waals surface area (Å²) in [4.78, 5) is 23.1. The van der Waals surface area contributed by atoms with Crippen LogP contribution in [0.1, 0.15) is 31.7 Å². The van der Waals surface area contributed by atoms with E-state index in [1.54, 1.807) is 12.1 Å². The first-order valence-corrected chi connectivity index (χ1v) is 9.37. The molecule has 0 spiro atoms. The van der Waals surface area contributed by atoms with E-state index in [0.717, 1.165) is 5.56 Å². The summed E-state index contributed by atoms with van der Waals surface area (Å²) < 4.78 is 40.1. The van der Waals surface area contributed by atoms with Crippen molar-refractivity contribution < 1.29 is 31.7 Å². The van der Waals surface area contributed by atoms with Crippen LogP contribution in [-0.2, 0) is 33.4 Å². The molecule has 3 atom stereocenters. The van der Waals surface area contributed by atoms with Gasteiger partial charge in [-0.15, -0.1) is 0 Å². The molecule has 0 radical (unpaired) electrons. The number of esters is 2. The van der Waals surface area contributed by atoms with Crippen LogP contribution in [0.3, 0.4) is 0 Å². The van der Waals surface area contributed by atoms with Crippen molar-refractivity contribution in [3.63, 3.8) is 0 Å². The monoisotopic (exact) mass is 370 g/mol. The Hall–Kier alpha value is -1.93. The van der Waals surface area contributed by atoms with Gasteiger partial charge in [0, 0.05) is 13.3 Å². The van der Waals surface area contributed by atoms with Crippen LogP contribution in [0.4, 0.5) is 0 Å². The number of aryl methyl sites for hydroxylation is 1. The van der Waals surface area contributed by atoms with Crippen molar-refractivity contribution >= 4 is 22.1 Å². The molecule has 1 aliphatic rings. The minimum absolute atomic E-state index is 0.0438. The van der Waals surface area contributed by atoms with Crippen molar-refractivity contribution in [2.75, 3.05) is 7.11 Å². The normalized spacial score (nSPS) is 23.7. The lowest BCUT2D eigenvalue weighted by Crippen LogP contribution is -2.38. The van der Waals surface area contributed by atoms with Gasteiger partial charge in [-0.1, -0.05) is 17.7 Å². The fourth-order valence-electron chi connectivity index (χ4n) is 2.92. The molecule has 0 aromatic heterocycles. The molecule has 25 heavy (non-hydrogen) atoms. The molecule has 1 fully saturated rings. The molecule has 0 aliphatic heterocycles. The average Bonchev–Trinajstić information content (AvgIpc) is 2.53. The molecule has 1 aromatic rings. The highest BCUT2D eigenvalue weighted by Gasteiger charge is 2.38. The summed E-state index contributed by atoms with van der Waals surface area (Å²) in [5, 5.41) is 0. The summed E-state index contributed by atoms with van der Waals surface area (Å²) in [6.45, 7) is 3.11. The Balaban J connectivity index is 2.16. The third kappa shape index (κ3) is 5.27. The number of hydrogen-bond acceptors (Lipinski definition) is 7. The van der Waals surface area contributed by atoms with E-state index >= 15 is 0 Å². The van der Waals surface area contributed by atoms with Gasteiger partial charge < -0.3 is 9.47 Å². The first-order chi connectivity index (χ1) is 11.7. The van der Waals surface area contributed by atoms with Crippen molar-refractivity contribution in [3.8, 4) is 0 Å². The van der Waals surface area contributed by atoms with Crippen LogP contribution in [-0.4, -0.2) is 39.7 Å². The van der Waals surface area contributed by atoms with Crippen molar-refractivity contribution in [2.45, 2.75) is 50.2 Å². The number of ether oxygens (including phenoxy) is 2. The molecule has 0 heterocycles. The van der Waals surface area contributed by atoms with E-state index in [-0.39, 0.29) is 24.2 Å². The van der Waals surface area contributed by atoms with Crippen molar-refractivity contribution in [2.24, 2.45) is 5.92 Å². The molecule has 2 rings (SSSR count). The summed E-state index contributed by atoms with van der Waals surface area (Å²) in [7, 11) is -2.72. The lowest BCUT2D eigenvalue weighted by molar-refractivity contribution is -0.158. The van der Waals surface area contributed by atoms with Gasteiger partial charge in [-0.2, -0.15) is 8.42 Å². The number of carbonyl (C=O) groups excluding carboxylic acids is 2. The van der Waals surface area contributed by atoms with Crippen LogP contribution in [0.2, 0.25) is 0 Å². The van der Waals surface area contributed by atoms with Gasteiger partial charge in [-0.25, -0.2) is 0 Å². The second kappa shape index (κ2) is 7.97. The topological polar surface area (TPSA) is 96.0 Å². The second-order valence-corrected chi connectivity index (χ2v) is 7.72. The average molecular weight is 370 g/mol. The van der Waals surface area contributed by atoms with E-state index in [1.807, 2.05) is 6.92 Å². The maximum atomic E-state index is 12.4. The van der Waals surface area contributed by atoms with Gasteiger partial charge in [0.1, 0.15) is 6.10 Å². The highest BCUT2D eigenvalue weighted by molar-refractivity contribution is 7.86. The smallest absolute Gasteiger partial charge is 0.308 e. The molecular formula is C17H22O7S. The van der Waals surface area contributed by atoms with E-state index in [9.17, 15) is 18.0 Å². The highest BCUT2D eigenvalue weighted by atomic mass is 32.2. The summed E-state index contributed by atoms with van der Waals surface area (Å²) in [6.07, 6.45) is -0.674. The van der Waals surface area contributed by atoms with Crippen LogP contribution in [0.15, 0.2) is 29.2 Å². The quantitative estimate of drug-likeness (QED) is 0.577. The number of carbonyl (C=O) groups is 2. The Labute approximate surface area is 147 Å². The Bertz CT molecular complexity index is 724. The SMILES string of the molecule is COC(=O)[C@@H]1C[C@@H](OC(C)=O)C[C@H](OS(=O)(=O)c2ccc(C)cc2)C1. The van der Waals surface area contributed by atoms with Crippen LogP contribution >= 0.6 is 0 Å². The van der Waals surface area contributed by atoms with Crippen LogP contribution in [0, 0.1) is 12.8 Å². The standard InChI is InChI=1S/C17H22O7S/c1-11-4-6-16(7-5-11)25(20,21)24-15-9-13(17(19)22-3)8-14(10-15)23-12(2)18/h4-7,13-15H,8-10H2,1-3H3/t13-,14-,15-/m1/s1. The molecule has 0 N–H and O–H groups in total. The Morgan fingerprint density at radius 3 is 2.20 bits per heavy atom.